The average Bonchev–Trinajstić information content (AvgIpc) is 0.779. The lowest BCUT2D eigenvalue weighted by Gasteiger charge is -2.28. The summed E-state index contributed by atoms with van der Waals surface area (Å²) < 4.78 is 55.2. The van der Waals surface area contributed by atoms with Crippen molar-refractivity contribution in [2.75, 3.05) is 89.1 Å². The van der Waals surface area contributed by atoms with Crippen LogP contribution in [0, 0.1) is 0 Å². The van der Waals surface area contributed by atoms with E-state index >= 15 is 0 Å². The summed E-state index contributed by atoms with van der Waals surface area (Å²) in [6.07, 6.45) is 24.2. The highest BCUT2D eigenvalue weighted by atomic mass is 32.2. The van der Waals surface area contributed by atoms with Crippen molar-refractivity contribution >= 4 is 23.5 Å². The van der Waals surface area contributed by atoms with Crippen molar-refractivity contribution in [2.45, 2.75) is 244 Å². The molecule has 0 spiro atoms. The minimum absolute atomic E-state index is 0.00475. The first-order valence-electron chi connectivity index (χ1n) is 45.1. The number of aliphatic hydroxyl groups excluding tert-OH is 2. The maximum Gasteiger partial charge on any atom is 0.127 e. The maximum atomic E-state index is 10.3. The van der Waals surface area contributed by atoms with E-state index in [9.17, 15) is 10.2 Å². The zero-order valence-electron chi connectivity index (χ0n) is 72.7. The molecule has 0 saturated heterocycles. The minimum Gasteiger partial charge on any atom is -0.491 e. The van der Waals surface area contributed by atoms with Gasteiger partial charge in [0.15, 0.2) is 0 Å². The summed E-state index contributed by atoms with van der Waals surface area (Å²) in [4.78, 5) is 0. The molecule has 10 unspecified atom stereocenters. The van der Waals surface area contributed by atoms with Gasteiger partial charge in [-0.1, -0.05) is 383 Å². The second-order valence-corrected chi connectivity index (χ2v) is 34.7. The number of rotatable bonds is 62. The van der Waals surface area contributed by atoms with E-state index in [0.717, 1.165) is 69.6 Å². The molecule has 0 aromatic heterocycles. The Morgan fingerprint density at radius 1 is 0.254 bits per heavy atom. The third kappa shape index (κ3) is 32.6. The van der Waals surface area contributed by atoms with Crippen molar-refractivity contribution in [3.63, 3.8) is 0 Å². The topological polar surface area (TPSA) is 114 Å². The van der Waals surface area contributed by atoms with Crippen molar-refractivity contribution in [1.82, 2.24) is 0 Å². The van der Waals surface area contributed by atoms with Gasteiger partial charge >= 0.3 is 0 Å². The summed E-state index contributed by atoms with van der Waals surface area (Å²) in [5.41, 5.74) is 14.3. The smallest absolute Gasteiger partial charge is 0.127 e. The second kappa shape index (κ2) is 55.5. The lowest BCUT2D eigenvalue weighted by molar-refractivity contribution is -0.0693. The van der Waals surface area contributed by atoms with Gasteiger partial charge in [-0.25, -0.2) is 0 Å². The Morgan fingerprint density at radius 3 is 0.797 bits per heavy atom. The van der Waals surface area contributed by atoms with E-state index in [1.807, 2.05) is 47.8 Å². The van der Waals surface area contributed by atoms with Gasteiger partial charge in [0.1, 0.15) is 73.8 Å². The normalized spacial score (nSPS) is 14.2. The molecule has 0 radical (unpaired) electrons. The fourth-order valence-electron chi connectivity index (χ4n) is 15.8. The van der Waals surface area contributed by atoms with E-state index in [4.69, 9.17) is 37.9 Å². The molecule has 0 saturated carbocycles. The fourth-order valence-corrected chi connectivity index (χ4v) is 17.8. The van der Waals surface area contributed by atoms with E-state index in [-0.39, 0.29) is 101 Å². The molecule has 2 N–H and O–H groups in total. The second-order valence-electron chi connectivity index (χ2n) is 32.4. The van der Waals surface area contributed by atoms with Gasteiger partial charge in [0.05, 0.1) is 39.6 Å². The highest BCUT2D eigenvalue weighted by Crippen LogP contribution is 2.46. The SMILES string of the molecule is CCCCCCCCCCCCSCC(COc1cccc(OCC(CSCCCCCCCCCCCC)OCC(COc2c(C(C)c3ccccc3)cc(C(C)c3ccccc3)cc2C(C)c2ccccc2)OCCO)c1)OCC(COc1c(C(C)c2ccccc2)cc(C(C)c2ccccc2)cc1C(C)c1ccccc1)OCCO. The van der Waals surface area contributed by atoms with Crippen LogP contribution in [0.25, 0.3) is 0 Å². The molecule has 10 atom stereocenters. The summed E-state index contributed by atoms with van der Waals surface area (Å²) in [7, 11) is 0. The van der Waals surface area contributed by atoms with E-state index < -0.39 is 12.2 Å². The summed E-state index contributed by atoms with van der Waals surface area (Å²) in [5.74, 6) is 6.86. The number of unbranched alkanes of at least 4 members (excludes halogenated alkanes) is 18. The molecule has 0 aliphatic rings. The van der Waals surface area contributed by atoms with Crippen molar-refractivity contribution in [3.8, 4) is 23.0 Å². The molecule has 10 nitrogen and oxygen atoms in total. The largest absolute Gasteiger partial charge is 0.491 e. The highest BCUT2D eigenvalue weighted by Gasteiger charge is 2.30. The molecule has 9 rings (SSSR count). The van der Waals surface area contributed by atoms with Crippen LogP contribution in [-0.2, 0) is 18.9 Å². The van der Waals surface area contributed by atoms with Gasteiger partial charge in [0.2, 0.25) is 0 Å². The van der Waals surface area contributed by atoms with Gasteiger partial charge in [-0.3, -0.25) is 0 Å². The average molecular weight is 1640 g/mol. The third-order valence-corrected chi connectivity index (χ3v) is 25.7. The maximum absolute atomic E-state index is 10.3. The predicted molar refractivity (Wildman–Crippen MR) is 497 cm³/mol. The molecule has 9 aromatic rings. The number of benzene rings is 9. The molecule has 638 valence electrons. The highest BCUT2D eigenvalue weighted by molar-refractivity contribution is 7.99. The molecule has 0 amide bonds. The van der Waals surface area contributed by atoms with Crippen molar-refractivity contribution in [1.29, 1.82) is 0 Å². The Morgan fingerprint density at radius 2 is 0.517 bits per heavy atom. The standard InChI is InChI=1S/C106H142O10S2/c1-9-11-13-15-17-19-21-23-25-45-66-117-79-99(113-73-97(109-64-62-107)75-115-105-101(83(5)89-52-37-29-38-53-89)68-93(81(3)87-48-33-27-34-49-87)69-102(105)84(6)90-54-39-30-40-55-90)77-111-95-60-47-61-96(72-95)112-78-100(80-118-67-46-26-24-22-20-18-16-14-12-10-2)114-74-98(110-65-63-108)76-116-106-103(85(7)91-56-41-31-42-57-91)70-94(82(4)88-50-35-28-36-51-88)71-104(106)86(8)92-58-43-32-44-59-92/h27-44,47-61,68-72,81-86,97-100,107-108H,9-26,45-46,62-67,73-80H2,1-8H3. The Kier molecular flexibility index (Phi) is 44.5. The van der Waals surface area contributed by atoms with Crippen LogP contribution >= 0.6 is 23.5 Å². The van der Waals surface area contributed by atoms with Gasteiger partial charge < -0.3 is 48.1 Å². The molecule has 118 heavy (non-hydrogen) atoms. The molecular formula is C106H142O10S2. The van der Waals surface area contributed by atoms with Crippen molar-refractivity contribution in [2.24, 2.45) is 0 Å². The fraction of sp³-hybridized carbons (Fsp3) is 0.491. The number of thioether (sulfide) groups is 2. The summed E-state index contributed by atoms with van der Waals surface area (Å²) in [6, 6.07) is 81.8. The molecule has 0 aliphatic heterocycles. The summed E-state index contributed by atoms with van der Waals surface area (Å²) in [5, 5.41) is 20.7. The van der Waals surface area contributed by atoms with Crippen LogP contribution in [0.3, 0.4) is 0 Å². The summed E-state index contributed by atoms with van der Waals surface area (Å²) in [6.45, 7) is 19.8. The number of hydrogen-bond acceptors (Lipinski definition) is 12. The molecule has 0 heterocycles. The number of ether oxygens (including phenoxy) is 8. The van der Waals surface area contributed by atoms with Gasteiger partial charge in [0, 0.05) is 75.3 Å². The van der Waals surface area contributed by atoms with Crippen molar-refractivity contribution < 1.29 is 48.1 Å². The lowest BCUT2D eigenvalue weighted by atomic mass is 9.81. The Labute approximate surface area is 720 Å². The van der Waals surface area contributed by atoms with Gasteiger partial charge in [0.25, 0.3) is 0 Å². The Hall–Kier alpha value is -7.36. The van der Waals surface area contributed by atoms with Crippen LogP contribution < -0.4 is 18.9 Å². The minimum atomic E-state index is -0.511. The molecule has 0 fully saturated rings. The zero-order chi connectivity index (χ0) is 83.0. The number of hydrogen-bond donors (Lipinski definition) is 2. The Bertz CT molecular complexity index is 3690. The van der Waals surface area contributed by atoms with Crippen LogP contribution in [-0.4, -0.2) is 124 Å². The van der Waals surface area contributed by atoms with Crippen molar-refractivity contribution in [3.05, 3.63) is 297 Å². The first-order chi connectivity index (χ1) is 58.0. The first kappa shape index (κ1) is 94.5. The lowest BCUT2D eigenvalue weighted by Crippen LogP contribution is -2.34. The Balaban J connectivity index is 0.928. The summed E-state index contributed by atoms with van der Waals surface area (Å²) >= 11 is 3.84. The van der Waals surface area contributed by atoms with E-state index in [1.165, 1.54) is 160 Å². The quantitative estimate of drug-likeness (QED) is 0.0354. The third-order valence-electron chi connectivity index (χ3n) is 23.3. The molecule has 0 aliphatic carbocycles. The van der Waals surface area contributed by atoms with E-state index in [2.05, 4.69) is 262 Å². The van der Waals surface area contributed by atoms with Gasteiger partial charge in [-0.05, 0) is 81.0 Å². The molecular weight excluding hydrogens is 1500 g/mol. The molecule has 12 heteroatoms. The molecule has 9 aromatic carbocycles. The van der Waals surface area contributed by atoms with Crippen LogP contribution in [0.2, 0.25) is 0 Å². The van der Waals surface area contributed by atoms with E-state index in [0.29, 0.717) is 24.7 Å². The zero-order valence-corrected chi connectivity index (χ0v) is 74.4. The van der Waals surface area contributed by atoms with Crippen LogP contribution in [0.1, 0.15) is 286 Å². The molecule has 0 bridgehead atoms. The number of aliphatic hydroxyl groups is 2. The van der Waals surface area contributed by atoms with Crippen LogP contribution in [0.5, 0.6) is 23.0 Å². The van der Waals surface area contributed by atoms with Crippen LogP contribution in [0.4, 0.5) is 0 Å². The van der Waals surface area contributed by atoms with Gasteiger partial charge in [-0.2, -0.15) is 23.5 Å². The monoisotopic (exact) mass is 1640 g/mol. The van der Waals surface area contributed by atoms with Gasteiger partial charge in [-0.15, -0.1) is 0 Å². The van der Waals surface area contributed by atoms with E-state index in [1.54, 1.807) is 0 Å². The van der Waals surface area contributed by atoms with Crippen LogP contribution in [0.15, 0.2) is 231 Å². The predicted octanol–water partition coefficient (Wildman–Crippen LogP) is 26.3. The first-order valence-corrected chi connectivity index (χ1v) is 47.4.